The van der Waals surface area contributed by atoms with E-state index in [0.717, 1.165) is 0 Å². The third-order valence-electron chi connectivity index (χ3n) is 2.49. The lowest BCUT2D eigenvalue weighted by Gasteiger charge is -2.01. The van der Waals surface area contributed by atoms with Crippen molar-refractivity contribution in [2.45, 2.75) is 0 Å². The molecule has 0 fully saturated rings. The molecule has 0 bridgehead atoms. The lowest BCUT2D eigenvalue weighted by atomic mass is 10.0. The largest absolute Gasteiger partial charge is 0.477 e. The van der Waals surface area contributed by atoms with Gasteiger partial charge in [0, 0.05) is 6.07 Å². The molecule has 0 aliphatic carbocycles. The first-order valence-corrected chi connectivity index (χ1v) is 5.96. The van der Waals surface area contributed by atoms with Gasteiger partial charge in [-0.1, -0.05) is 6.07 Å². The van der Waals surface area contributed by atoms with Crippen LogP contribution < -0.4 is 0 Å². The standard InChI is InChI=1S/C12H7NO5S/c14-5-9-3-8(6-19-9)7-1-2-10(12(15)16)11(4-7)13(17)18/h1-6H,(H,15,16). The quantitative estimate of drug-likeness (QED) is 0.526. The number of carboxylic acid groups (broad SMARTS) is 1. The van der Waals surface area contributed by atoms with Crippen molar-refractivity contribution < 1.29 is 19.6 Å². The predicted octanol–water partition coefficient (Wildman–Crippen LogP) is 2.83. The molecule has 0 saturated heterocycles. The Labute approximate surface area is 111 Å². The maximum Gasteiger partial charge on any atom is 0.342 e. The number of hydrogen-bond donors (Lipinski definition) is 1. The minimum atomic E-state index is -1.35. The number of nitro benzene ring substituents is 1. The summed E-state index contributed by atoms with van der Waals surface area (Å²) in [4.78, 5) is 32.1. The third kappa shape index (κ3) is 2.50. The minimum absolute atomic E-state index is 0.361. The third-order valence-corrected chi connectivity index (χ3v) is 3.35. The zero-order valence-corrected chi connectivity index (χ0v) is 10.2. The van der Waals surface area contributed by atoms with E-state index < -0.39 is 16.6 Å². The van der Waals surface area contributed by atoms with Gasteiger partial charge in [-0.2, -0.15) is 0 Å². The lowest BCUT2D eigenvalue weighted by Crippen LogP contribution is -2.02. The molecule has 0 aliphatic heterocycles. The number of hydrogen-bond acceptors (Lipinski definition) is 5. The molecule has 0 aliphatic rings. The van der Waals surface area contributed by atoms with Crippen LogP contribution in [0.1, 0.15) is 20.0 Å². The van der Waals surface area contributed by atoms with Crippen molar-refractivity contribution >= 4 is 29.3 Å². The monoisotopic (exact) mass is 277 g/mol. The van der Waals surface area contributed by atoms with Crippen molar-refractivity contribution in [3.05, 3.63) is 50.2 Å². The van der Waals surface area contributed by atoms with Gasteiger partial charge < -0.3 is 5.11 Å². The van der Waals surface area contributed by atoms with E-state index in [1.54, 1.807) is 11.4 Å². The van der Waals surface area contributed by atoms with Crippen molar-refractivity contribution in [3.8, 4) is 11.1 Å². The summed E-state index contributed by atoms with van der Waals surface area (Å²) in [6.07, 6.45) is 0.689. The van der Waals surface area contributed by atoms with Gasteiger partial charge in [0.15, 0.2) is 6.29 Å². The fourth-order valence-corrected chi connectivity index (χ4v) is 2.33. The molecule has 0 atom stereocenters. The van der Waals surface area contributed by atoms with Crippen LogP contribution in [0.3, 0.4) is 0 Å². The molecule has 1 aromatic carbocycles. The van der Waals surface area contributed by atoms with Gasteiger partial charge in [-0.05, 0) is 28.6 Å². The predicted molar refractivity (Wildman–Crippen MR) is 68.8 cm³/mol. The van der Waals surface area contributed by atoms with E-state index in [9.17, 15) is 19.7 Å². The van der Waals surface area contributed by atoms with E-state index in [-0.39, 0.29) is 5.56 Å². The minimum Gasteiger partial charge on any atom is -0.477 e. The van der Waals surface area contributed by atoms with Crippen molar-refractivity contribution in [1.82, 2.24) is 0 Å². The van der Waals surface area contributed by atoms with Crippen LogP contribution in [0.4, 0.5) is 5.69 Å². The van der Waals surface area contributed by atoms with Crippen molar-refractivity contribution in [3.63, 3.8) is 0 Å². The van der Waals surface area contributed by atoms with Crippen molar-refractivity contribution in [2.24, 2.45) is 0 Å². The summed E-state index contributed by atoms with van der Waals surface area (Å²) in [6, 6.07) is 5.46. The Morgan fingerprint density at radius 2 is 2.05 bits per heavy atom. The Morgan fingerprint density at radius 3 is 2.58 bits per heavy atom. The van der Waals surface area contributed by atoms with E-state index in [0.29, 0.717) is 22.3 Å². The molecule has 0 amide bonds. The first kappa shape index (κ1) is 12.9. The Bertz CT molecular complexity index is 677. The molecule has 1 heterocycles. The van der Waals surface area contributed by atoms with Crippen LogP contribution in [0, 0.1) is 10.1 Å². The maximum absolute atomic E-state index is 10.9. The summed E-state index contributed by atoms with van der Waals surface area (Å²) in [6.45, 7) is 0. The summed E-state index contributed by atoms with van der Waals surface area (Å²) in [5.41, 5.74) is 0.316. The summed E-state index contributed by atoms with van der Waals surface area (Å²) >= 11 is 1.21. The Hall–Kier alpha value is -2.54. The number of aromatic carboxylic acids is 1. The van der Waals surface area contributed by atoms with E-state index in [1.165, 1.54) is 29.5 Å². The topological polar surface area (TPSA) is 97.5 Å². The molecule has 19 heavy (non-hydrogen) atoms. The number of carbonyl (C=O) groups is 2. The Kier molecular flexibility index (Phi) is 3.39. The number of nitro groups is 1. The average Bonchev–Trinajstić information content (AvgIpc) is 2.86. The highest BCUT2D eigenvalue weighted by Crippen LogP contribution is 2.29. The number of nitrogens with zero attached hydrogens (tertiary/aromatic N) is 1. The van der Waals surface area contributed by atoms with Gasteiger partial charge in [0.1, 0.15) is 5.56 Å². The zero-order valence-electron chi connectivity index (χ0n) is 9.40. The summed E-state index contributed by atoms with van der Waals surface area (Å²) in [7, 11) is 0. The highest BCUT2D eigenvalue weighted by atomic mass is 32.1. The van der Waals surface area contributed by atoms with E-state index in [2.05, 4.69) is 0 Å². The van der Waals surface area contributed by atoms with Gasteiger partial charge in [0.25, 0.3) is 5.69 Å². The second-order valence-corrected chi connectivity index (χ2v) is 4.59. The number of carboxylic acids is 1. The molecule has 96 valence electrons. The molecule has 2 aromatic rings. The van der Waals surface area contributed by atoms with Crippen LogP contribution in [0.2, 0.25) is 0 Å². The van der Waals surface area contributed by atoms with Crippen LogP contribution >= 0.6 is 11.3 Å². The lowest BCUT2D eigenvalue weighted by molar-refractivity contribution is -0.385. The fraction of sp³-hybridized carbons (Fsp3) is 0. The second-order valence-electron chi connectivity index (χ2n) is 3.65. The van der Waals surface area contributed by atoms with Crippen LogP contribution in [-0.4, -0.2) is 22.3 Å². The smallest absolute Gasteiger partial charge is 0.342 e. The molecule has 0 spiro atoms. The Balaban J connectivity index is 2.54. The number of rotatable bonds is 4. The van der Waals surface area contributed by atoms with Gasteiger partial charge in [0.2, 0.25) is 0 Å². The average molecular weight is 277 g/mol. The van der Waals surface area contributed by atoms with Crippen molar-refractivity contribution in [1.29, 1.82) is 0 Å². The van der Waals surface area contributed by atoms with Gasteiger partial charge in [0.05, 0.1) is 9.80 Å². The molecular formula is C12H7NO5S. The first-order chi connectivity index (χ1) is 9.02. The molecule has 1 aromatic heterocycles. The molecule has 0 unspecified atom stereocenters. The van der Waals surface area contributed by atoms with Crippen LogP contribution in [0.5, 0.6) is 0 Å². The molecule has 2 rings (SSSR count). The van der Waals surface area contributed by atoms with E-state index in [1.807, 2.05) is 0 Å². The van der Waals surface area contributed by atoms with Gasteiger partial charge in [-0.3, -0.25) is 14.9 Å². The number of benzene rings is 1. The maximum atomic E-state index is 10.9. The second kappa shape index (κ2) is 4.99. The van der Waals surface area contributed by atoms with E-state index in [4.69, 9.17) is 5.11 Å². The van der Waals surface area contributed by atoms with Gasteiger partial charge in [-0.25, -0.2) is 4.79 Å². The van der Waals surface area contributed by atoms with Crippen LogP contribution in [-0.2, 0) is 0 Å². The molecule has 0 radical (unpaired) electrons. The van der Waals surface area contributed by atoms with Crippen LogP contribution in [0.25, 0.3) is 11.1 Å². The molecule has 6 nitrogen and oxygen atoms in total. The number of thiophene rings is 1. The highest BCUT2D eigenvalue weighted by Gasteiger charge is 2.20. The van der Waals surface area contributed by atoms with Crippen molar-refractivity contribution in [2.75, 3.05) is 0 Å². The molecular weight excluding hydrogens is 270 g/mol. The molecule has 0 saturated carbocycles. The number of carbonyl (C=O) groups excluding carboxylic acids is 1. The summed E-state index contributed by atoms with van der Waals surface area (Å²) in [5, 5.41) is 21.4. The molecule has 1 N–H and O–H groups in total. The summed E-state index contributed by atoms with van der Waals surface area (Å²) in [5.74, 6) is -1.35. The first-order valence-electron chi connectivity index (χ1n) is 5.08. The van der Waals surface area contributed by atoms with Gasteiger partial charge >= 0.3 is 5.97 Å². The van der Waals surface area contributed by atoms with Gasteiger partial charge in [-0.15, -0.1) is 11.3 Å². The van der Waals surface area contributed by atoms with Crippen LogP contribution in [0.15, 0.2) is 29.6 Å². The SMILES string of the molecule is O=Cc1cc(-c2ccc(C(=O)O)c([N+](=O)[O-])c2)cs1. The fourth-order valence-electron chi connectivity index (χ4n) is 1.61. The molecule has 7 heteroatoms. The van der Waals surface area contributed by atoms with E-state index >= 15 is 0 Å². The Morgan fingerprint density at radius 1 is 1.32 bits per heavy atom. The highest BCUT2D eigenvalue weighted by molar-refractivity contribution is 7.12. The summed E-state index contributed by atoms with van der Waals surface area (Å²) < 4.78 is 0. The number of aldehydes is 1. The zero-order chi connectivity index (χ0) is 14.0. The normalized spacial score (nSPS) is 10.1.